The second kappa shape index (κ2) is 5.66. The van der Waals surface area contributed by atoms with Crippen LogP contribution in [0.25, 0.3) is 0 Å². The average Bonchev–Trinajstić information content (AvgIpc) is 2.26. The van der Waals surface area contributed by atoms with Crippen LogP contribution in [-0.2, 0) is 11.2 Å². The zero-order chi connectivity index (χ0) is 12.1. The molecule has 1 aromatic rings. The van der Waals surface area contributed by atoms with Crippen molar-refractivity contribution in [1.29, 1.82) is 0 Å². The number of carbonyl (C=O) groups is 1. The van der Waals surface area contributed by atoms with E-state index >= 15 is 0 Å². The Balaban J connectivity index is 2.77. The number of likely N-dealkylation sites (N-methyl/N-ethyl adjacent to an activating group) is 2. The molecule has 0 saturated carbocycles. The van der Waals surface area contributed by atoms with Crippen LogP contribution < -0.4 is 0 Å². The molecule has 1 amide bonds. The van der Waals surface area contributed by atoms with E-state index in [2.05, 4.69) is 12.1 Å². The van der Waals surface area contributed by atoms with Crippen LogP contribution >= 0.6 is 0 Å². The third-order valence-corrected chi connectivity index (χ3v) is 2.62. The van der Waals surface area contributed by atoms with Gasteiger partial charge in [0, 0.05) is 14.1 Å². The highest BCUT2D eigenvalue weighted by Gasteiger charge is 2.22. The molecule has 0 heterocycles. The monoisotopic (exact) mass is 220 g/mol. The van der Waals surface area contributed by atoms with Gasteiger partial charge in [-0.2, -0.15) is 0 Å². The summed E-state index contributed by atoms with van der Waals surface area (Å²) in [5.41, 5.74) is 1.19. The highest BCUT2D eigenvalue weighted by molar-refractivity contribution is 5.81. The molecule has 0 aliphatic rings. The van der Waals surface area contributed by atoms with Crippen molar-refractivity contribution in [3.8, 4) is 0 Å². The molecule has 0 fully saturated rings. The predicted octanol–water partition coefficient (Wildman–Crippen LogP) is 1.25. The molecule has 1 rings (SSSR count). The van der Waals surface area contributed by atoms with Gasteiger partial charge in [0.05, 0.1) is 6.04 Å². The number of nitrogens with zero attached hydrogens (tertiary/aromatic N) is 2. The van der Waals surface area contributed by atoms with Crippen molar-refractivity contribution in [2.45, 2.75) is 12.5 Å². The zero-order valence-electron chi connectivity index (χ0n) is 10.5. The van der Waals surface area contributed by atoms with Gasteiger partial charge in [-0.05, 0) is 26.1 Å². The second-order valence-corrected chi connectivity index (χ2v) is 4.40. The SMILES string of the molecule is CN(C)C(=O)[C@H](Cc1ccccc1)N(C)C. The highest BCUT2D eigenvalue weighted by atomic mass is 16.2. The second-order valence-electron chi connectivity index (χ2n) is 4.40. The van der Waals surface area contributed by atoms with Crippen molar-refractivity contribution in [2.75, 3.05) is 28.2 Å². The van der Waals surface area contributed by atoms with Gasteiger partial charge in [-0.25, -0.2) is 0 Å². The first-order valence-electron chi connectivity index (χ1n) is 5.44. The maximum atomic E-state index is 12.0. The smallest absolute Gasteiger partial charge is 0.239 e. The van der Waals surface area contributed by atoms with Crippen LogP contribution in [-0.4, -0.2) is 49.9 Å². The van der Waals surface area contributed by atoms with E-state index in [0.29, 0.717) is 0 Å². The van der Waals surface area contributed by atoms with Crippen molar-refractivity contribution < 1.29 is 4.79 Å². The lowest BCUT2D eigenvalue weighted by Crippen LogP contribution is -2.44. The first kappa shape index (κ1) is 12.7. The van der Waals surface area contributed by atoms with E-state index in [-0.39, 0.29) is 11.9 Å². The van der Waals surface area contributed by atoms with E-state index in [1.165, 1.54) is 5.56 Å². The first-order valence-corrected chi connectivity index (χ1v) is 5.44. The summed E-state index contributed by atoms with van der Waals surface area (Å²) in [5.74, 6) is 0.147. The van der Waals surface area contributed by atoms with Crippen molar-refractivity contribution >= 4 is 5.91 Å². The number of amides is 1. The fraction of sp³-hybridized carbons (Fsp3) is 0.462. The largest absolute Gasteiger partial charge is 0.347 e. The van der Waals surface area contributed by atoms with E-state index in [9.17, 15) is 4.79 Å². The lowest BCUT2D eigenvalue weighted by atomic mass is 10.0. The Kier molecular flexibility index (Phi) is 4.50. The normalized spacial score (nSPS) is 12.6. The summed E-state index contributed by atoms with van der Waals surface area (Å²) in [4.78, 5) is 15.6. The van der Waals surface area contributed by atoms with E-state index < -0.39 is 0 Å². The lowest BCUT2D eigenvalue weighted by molar-refractivity contribution is -0.133. The Bertz CT molecular complexity index is 333. The molecule has 0 radical (unpaired) electrons. The van der Waals surface area contributed by atoms with E-state index in [1.54, 1.807) is 19.0 Å². The molecule has 16 heavy (non-hydrogen) atoms. The van der Waals surface area contributed by atoms with Gasteiger partial charge in [0.1, 0.15) is 0 Å². The van der Waals surface area contributed by atoms with Gasteiger partial charge in [0.15, 0.2) is 0 Å². The Hall–Kier alpha value is -1.35. The van der Waals surface area contributed by atoms with E-state index in [1.807, 2.05) is 37.2 Å². The lowest BCUT2D eigenvalue weighted by Gasteiger charge is -2.26. The minimum absolute atomic E-state index is 0.0857. The topological polar surface area (TPSA) is 23.6 Å². The molecule has 1 atom stereocenters. The zero-order valence-corrected chi connectivity index (χ0v) is 10.5. The van der Waals surface area contributed by atoms with Crippen molar-refractivity contribution in [1.82, 2.24) is 9.80 Å². The first-order chi connectivity index (χ1) is 7.52. The van der Waals surface area contributed by atoms with Gasteiger partial charge >= 0.3 is 0 Å². The maximum Gasteiger partial charge on any atom is 0.239 e. The Morgan fingerprint density at radius 1 is 1.12 bits per heavy atom. The van der Waals surface area contributed by atoms with Gasteiger partial charge < -0.3 is 4.90 Å². The van der Waals surface area contributed by atoms with E-state index in [0.717, 1.165) is 6.42 Å². The average molecular weight is 220 g/mol. The number of carbonyl (C=O) groups excluding carboxylic acids is 1. The molecule has 3 heteroatoms. The van der Waals surface area contributed by atoms with Crippen LogP contribution in [0.4, 0.5) is 0 Å². The summed E-state index contributed by atoms with van der Waals surface area (Å²) in [5, 5.41) is 0. The fourth-order valence-electron chi connectivity index (χ4n) is 1.63. The summed E-state index contributed by atoms with van der Waals surface area (Å²) >= 11 is 0. The van der Waals surface area contributed by atoms with Crippen molar-refractivity contribution in [2.24, 2.45) is 0 Å². The third kappa shape index (κ3) is 3.35. The predicted molar refractivity (Wildman–Crippen MR) is 66.3 cm³/mol. The summed E-state index contributed by atoms with van der Waals surface area (Å²) in [7, 11) is 7.47. The molecule has 0 aliphatic heterocycles. The quantitative estimate of drug-likeness (QED) is 0.762. The molecule has 0 unspecified atom stereocenters. The van der Waals surface area contributed by atoms with Crippen LogP contribution in [0.2, 0.25) is 0 Å². The molecule has 0 spiro atoms. The van der Waals surface area contributed by atoms with Crippen LogP contribution in [0.15, 0.2) is 30.3 Å². The minimum Gasteiger partial charge on any atom is -0.347 e. The highest BCUT2D eigenvalue weighted by Crippen LogP contribution is 2.08. The van der Waals surface area contributed by atoms with Crippen molar-refractivity contribution in [3.05, 3.63) is 35.9 Å². The summed E-state index contributed by atoms with van der Waals surface area (Å²) in [6.07, 6.45) is 0.755. The minimum atomic E-state index is -0.0857. The maximum absolute atomic E-state index is 12.0. The molecule has 0 bridgehead atoms. The molecule has 0 aliphatic carbocycles. The fourth-order valence-corrected chi connectivity index (χ4v) is 1.63. The van der Waals surface area contributed by atoms with Gasteiger partial charge in [-0.1, -0.05) is 30.3 Å². The number of benzene rings is 1. The molecular formula is C13H20N2O. The van der Waals surface area contributed by atoms with Gasteiger partial charge in [0.25, 0.3) is 0 Å². The molecule has 0 aromatic heterocycles. The molecular weight excluding hydrogens is 200 g/mol. The van der Waals surface area contributed by atoms with Crippen LogP contribution in [0.1, 0.15) is 5.56 Å². The van der Waals surface area contributed by atoms with Crippen molar-refractivity contribution in [3.63, 3.8) is 0 Å². The van der Waals surface area contributed by atoms with Crippen LogP contribution in [0.3, 0.4) is 0 Å². The third-order valence-electron chi connectivity index (χ3n) is 2.62. The molecule has 3 nitrogen and oxygen atoms in total. The number of hydrogen-bond acceptors (Lipinski definition) is 2. The molecule has 0 saturated heterocycles. The van der Waals surface area contributed by atoms with Crippen LogP contribution in [0, 0.1) is 0 Å². The standard InChI is InChI=1S/C13H20N2O/c1-14(2)12(13(16)15(3)4)10-11-8-6-5-7-9-11/h5-9,12H,10H2,1-4H3/t12-/m0/s1. The number of hydrogen-bond donors (Lipinski definition) is 0. The Morgan fingerprint density at radius 2 is 1.69 bits per heavy atom. The molecule has 1 aromatic carbocycles. The summed E-state index contributed by atoms with van der Waals surface area (Å²) in [6, 6.07) is 10.0. The van der Waals surface area contributed by atoms with Gasteiger partial charge in [-0.15, -0.1) is 0 Å². The Labute approximate surface area is 97.7 Å². The Morgan fingerprint density at radius 3 is 2.12 bits per heavy atom. The summed E-state index contributed by atoms with van der Waals surface area (Å²) < 4.78 is 0. The van der Waals surface area contributed by atoms with Gasteiger partial charge in [-0.3, -0.25) is 9.69 Å². The van der Waals surface area contributed by atoms with E-state index in [4.69, 9.17) is 0 Å². The summed E-state index contributed by atoms with van der Waals surface area (Å²) in [6.45, 7) is 0. The van der Waals surface area contributed by atoms with Gasteiger partial charge in [0.2, 0.25) is 5.91 Å². The van der Waals surface area contributed by atoms with Crippen LogP contribution in [0.5, 0.6) is 0 Å². The molecule has 0 N–H and O–H groups in total. The number of rotatable bonds is 4. The molecule has 88 valence electrons.